The van der Waals surface area contributed by atoms with Gasteiger partial charge in [-0.3, -0.25) is 9.69 Å². The monoisotopic (exact) mass is 301 g/mol. The Labute approximate surface area is 128 Å². The summed E-state index contributed by atoms with van der Waals surface area (Å²) in [7, 11) is 0. The van der Waals surface area contributed by atoms with Gasteiger partial charge in [-0.2, -0.15) is 0 Å². The lowest BCUT2D eigenvalue weighted by Crippen LogP contribution is -2.46. The van der Waals surface area contributed by atoms with Gasteiger partial charge in [0.2, 0.25) is 0 Å². The molecule has 1 aliphatic heterocycles. The van der Waals surface area contributed by atoms with Crippen LogP contribution in [0.5, 0.6) is 0 Å². The van der Waals surface area contributed by atoms with E-state index in [1.54, 1.807) is 18.2 Å². The van der Waals surface area contributed by atoms with Gasteiger partial charge >= 0.3 is 5.63 Å². The third kappa shape index (κ3) is 3.35. The van der Waals surface area contributed by atoms with Crippen molar-refractivity contribution in [2.45, 2.75) is 0 Å². The summed E-state index contributed by atoms with van der Waals surface area (Å²) in [5, 5.41) is 6.82. The molecule has 0 saturated carbocycles. The van der Waals surface area contributed by atoms with Crippen LogP contribution in [0.25, 0.3) is 11.0 Å². The van der Waals surface area contributed by atoms with Crippen LogP contribution in [-0.2, 0) is 0 Å². The first-order valence-electron chi connectivity index (χ1n) is 7.48. The minimum Gasteiger partial charge on any atom is -0.422 e. The molecule has 1 aromatic carbocycles. The number of fused-ring (bicyclic) bond motifs is 1. The maximum Gasteiger partial charge on any atom is 0.349 e. The zero-order chi connectivity index (χ0) is 15.4. The molecule has 1 fully saturated rings. The van der Waals surface area contributed by atoms with Crippen LogP contribution in [0.2, 0.25) is 0 Å². The molecule has 0 aliphatic carbocycles. The predicted octanol–water partition coefficient (Wildman–Crippen LogP) is 0.428. The molecule has 0 unspecified atom stereocenters. The predicted molar refractivity (Wildman–Crippen MR) is 84.1 cm³/mol. The van der Waals surface area contributed by atoms with Crippen LogP contribution in [0.4, 0.5) is 0 Å². The summed E-state index contributed by atoms with van der Waals surface area (Å²) in [6.07, 6.45) is 0. The van der Waals surface area contributed by atoms with Gasteiger partial charge in [0.05, 0.1) is 0 Å². The number of carbonyl (C=O) groups is 1. The maximum atomic E-state index is 12.1. The van der Waals surface area contributed by atoms with Gasteiger partial charge in [-0.25, -0.2) is 4.79 Å². The highest BCUT2D eigenvalue weighted by molar-refractivity contribution is 5.96. The van der Waals surface area contributed by atoms with Crippen molar-refractivity contribution in [2.24, 2.45) is 0 Å². The smallest absolute Gasteiger partial charge is 0.349 e. The summed E-state index contributed by atoms with van der Waals surface area (Å²) in [5.74, 6) is -0.380. The lowest BCUT2D eigenvalue weighted by atomic mass is 10.2. The number of nitrogens with one attached hydrogen (secondary N) is 2. The van der Waals surface area contributed by atoms with Crippen LogP contribution >= 0.6 is 0 Å². The number of rotatable bonds is 4. The van der Waals surface area contributed by atoms with Gasteiger partial charge in [0, 0.05) is 44.7 Å². The van der Waals surface area contributed by atoms with E-state index in [4.69, 9.17) is 4.42 Å². The topological polar surface area (TPSA) is 74.6 Å². The number of amides is 1. The molecular formula is C16H19N3O3. The Balaban J connectivity index is 1.64. The quantitative estimate of drug-likeness (QED) is 0.801. The van der Waals surface area contributed by atoms with Gasteiger partial charge < -0.3 is 15.1 Å². The van der Waals surface area contributed by atoms with Crippen LogP contribution in [0.1, 0.15) is 10.4 Å². The average Bonchev–Trinajstić information content (AvgIpc) is 2.55. The van der Waals surface area contributed by atoms with Crippen molar-refractivity contribution in [3.63, 3.8) is 0 Å². The first-order valence-corrected chi connectivity index (χ1v) is 7.48. The van der Waals surface area contributed by atoms with Gasteiger partial charge in [-0.1, -0.05) is 18.2 Å². The van der Waals surface area contributed by atoms with Gasteiger partial charge in [-0.15, -0.1) is 0 Å². The largest absolute Gasteiger partial charge is 0.422 e. The van der Waals surface area contributed by atoms with Crippen molar-refractivity contribution in [3.05, 3.63) is 46.3 Å². The second-order valence-corrected chi connectivity index (χ2v) is 5.33. The van der Waals surface area contributed by atoms with Crippen molar-refractivity contribution in [1.82, 2.24) is 15.5 Å². The SMILES string of the molecule is O=C(NCCN1CCNCC1)c1cc2ccccc2oc1=O. The van der Waals surface area contributed by atoms with Crippen molar-refractivity contribution < 1.29 is 9.21 Å². The van der Waals surface area contributed by atoms with E-state index in [0.29, 0.717) is 12.1 Å². The lowest BCUT2D eigenvalue weighted by molar-refractivity contribution is 0.0944. The molecule has 1 aromatic heterocycles. The Kier molecular flexibility index (Phi) is 4.50. The number of benzene rings is 1. The highest BCUT2D eigenvalue weighted by Crippen LogP contribution is 2.12. The molecule has 0 radical (unpaired) electrons. The molecule has 0 spiro atoms. The summed E-state index contributed by atoms with van der Waals surface area (Å²) in [4.78, 5) is 26.3. The van der Waals surface area contributed by atoms with E-state index in [1.807, 2.05) is 12.1 Å². The minimum absolute atomic E-state index is 0.0546. The second kappa shape index (κ2) is 6.72. The molecule has 2 heterocycles. The van der Waals surface area contributed by atoms with Crippen LogP contribution < -0.4 is 16.3 Å². The van der Waals surface area contributed by atoms with Crippen LogP contribution in [0, 0.1) is 0 Å². The normalized spacial score (nSPS) is 15.8. The summed E-state index contributed by atoms with van der Waals surface area (Å²) >= 11 is 0. The molecule has 3 rings (SSSR count). The maximum absolute atomic E-state index is 12.1. The summed E-state index contributed by atoms with van der Waals surface area (Å²) in [5.41, 5.74) is -0.0535. The average molecular weight is 301 g/mol. The molecule has 6 nitrogen and oxygen atoms in total. The minimum atomic E-state index is -0.599. The van der Waals surface area contributed by atoms with E-state index < -0.39 is 5.63 Å². The standard InChI is InChI=1S/C16H19N3O3/c20-15(18-7-10-19-8-5-17-6-9-19)13-11-12-3-1-2-4-14(12)22-16(13)21/h1-4,11,17H,5-10H2,(H,18,20). The van der Waals surface area contributed by atoms with E-state index in [-0.39, 0.29) is 11.5 Å². The summed E-state index contributed by atoms with van der Waals surface area (Å²) in [6.45, 7) is 5.21. The Bertz CT molecular complexity index is 720. The zero-order valence-electron chi connectivity index (χ0n) is 12.3. The Hall–Kier alpha value is -2.18. The molecule has 6 heteroatoms. The second-order valence-electron chi connectivity index (χ2n) is 5.33. The van der Waals surface area contributed by atoms with Crippen LogP contribution in [0.3, 0.4) is 0 Å². The summed E-state index contributed by atoms with van der Waals surface area (Å²) in [6, 6.07) is 8.74. The lowest BCUT2D eigenvalue weighted by Gasteiger charge is -2.27. The van der Waals surface area contributed by atoms with E-state index >= 15 is 0 Å². The molecule has 0 bridgehead atoms. The number of carbonyl (C=O) groups excluding carboxylic acids is 1. The number of nitrogens with zero attached hydrogens (tertiary/aromatic N) is 1. The fourth-order valence-electron chi connectivity index (χ4n) is 2.58. The number of hydrogen-bond acceptors (Lipinski definition) is 5. The van der Waals surface area contributed by atoms with Gasteiger partial charge in [0.15, 0.2) is 0 Å². The first kappa shape index (κ1) is 14.7. The third-order valence-electron chi connectivity index (χ3n) is 3.81. The fraction of sp³-hybridized carbons (Fsp3) is 0.375. The summed E-state index contributed by atoms with van der Waals surface area (Å²) < 4.78 is 5.18. The molecule has 22 heavy (non-hydrogen) atoms. The van der Waals surface area contributed by atoms with E-state index in [1.165, 1.54) is 0 Å². The molecule has 2 N–H and O–H groups in total. The number of hydrogen-bond donors (Lipinski definition) is 2. The van der Waals surface area contributed by atoms with Crippen molar-refractivity contribution in [3.8, 4) is 0 Å². The van der Waals surface area contributed by atoms with Crippen molar-refractivity contribution in [2.75, 3.05) is 39.3 Å². The van der Waals surface area contributed by atoms with E-state index in [9.17, 15) is 9.59 Å². The van der Waals surface area contributed by atoms with Crippen LogP contribution in [-0.4, -0.2) is 50.1 Å². The van der Waals surface area contributed by atoms with E-state index in [2.05, 4.69) is 15.5 Å². The highest BCUT2D eigenvalue weighted by atomic mass is 16.4. The first-order chi connectivity index (χ1) is 10.7. The third-order valence-corrected chi connectivity index (χ3v) is 3.81. The molecular weight excluding hydrogens is 282 g/mol. The molecule has 116 valence electrons. The zero-order valence-corrected chi connectivity index (χ0v) is 12.3. The van der Waals surface area contributed by atoms with Crippen LogP contribution in [0.15, 0.2) is 39.5 Å². The molecule has 1 aliphatic rings. The molecule has 2 aromatic rings. The highest BCUT2D eigenvalue weighted by Gasteiger charge is 2.14. The Morgan fingerprint density at radius 3 is 2.86 bits per heavy atom. The number of piperazine rings is 1. The fourth-order valence-corrected chi connectivity index (χ4v) is 2.58. The van der Waals surface area contributed by atoms with E-state index in [0.717, 1.165) is 38.1 Å². The van der Waals surface area contributed by atoms with Gasteiger partial charge in [0.1, 0.15) is 11.1 Å². The Morgan fingerprint density at radius 1 is 1.27 bits per heavy atom. The Morgan fingerprint density at radius 2 is 2.05 bits per heavy atom. The molecule has 1 saturated heterocycles. The van der Waals surface area contributed by atoms with Gasteiger partial charge in [0.25, 0.3) is 5.91 Å². The van der Waals surface area contributed by atoms with Crippen molar-refractivity contribution >= 4 is 16.9 Å². The number of para-hydroxylation sites is 1. The molecule has 0 atom stereocenters. The van der Waals surface area contributed by atoms with Crippen molar-refractivity contribution in [1.29, 1.82) is 0 Å². The van der Waals surface area contributed by atoms with Gasteiger partial charge in [-0.05, 0) is 12.1 Å². The molecule has 1 amide bonds.